The van der Waals surface area contributed by atoms with Crippen molar-refractivity contribution >= 4 is 0 Å². The van der Waals surface area contributed by atoms with Crippen molar-refractivity contribution in [3.05, 3.63) is 0 Å². The van der Waals surface area contributed by atoms with Gasteiger partial charge in [0.15, 0.2) is 0 Å². The zero-order chi connectivity index (χ0) is 10.4. The maximum absolute atomic E-state index is 9.03. The molecular formula is C11H24N2O. The number of likely N-dealkylation sites (N-methyl/N-ethyl adjacent to an activating group) is 1. The van der Waals surface area contributed by atoms with Crippen molar-refractivity contribution in [2.45, 2.75) is 44.6 Å². The molecule has 0 atom stereocenters. The molecular weight excluding hydrogens is 176 g/mol. The lowest BCUT2D eigenvalue weighted by atomic mass is 9.80. The SMILES string of the molecule is CCN(CCO)C1(CN)CCCCC1. The maximum Gasteiger partial charge on any atom is 0.0558 e. The van der Waals surface area contributed by atoms with Gasteiger partial charge in [0.1, 0.15) is 0 Å². The van der Waals surface area contributed by atoms with Crippen LogP contribution in [0.4, 0.5) is 0 Å². The Morgan fingerprint density at radius 2 is 1.93 bits per heavy atom. The van der Waals surface area contributed by atoms with Gasteiger partial charge in [0.2, 0.25) is 0 Å². The van der Waals surface area contributed by atoms with E-state index in [2.05, 4.69) is 11.8 Å². The third kappa shape index (κ3) is 2.47. The lowest BCUT2D eigenvalue weighted by Crippen LogP contribution is -2.55. The topological polar surface area (TPSA) is 49.5 Å². The second kappa shape index (κ2) is 5.69. The highest BCUT2D eigenvalue weighted by Crippen LogP contribution is 2.32. The van der Waals surface area contributed by atoms with Crippen LogP contribution >= 0.6 is 0 Å². The van der Waals surface area contributed by atoms with Gasteiger partial charge in [-0.3, -0.25) is 4.90 Å². The summed E-state index contributed by atoms with van der Waals surface area (Å²) in [5, 5.41) is 9.03. The van der Waals surface area contributed by atoms with E-state index in [1.165, 1.54) is 32.1 Å². The molecule has 1 rings (SSSR count). The molecule has 0 bridgehead atoms. The maximum atomic E-state index is 9.03. The largest absolute Gasteiger partial charge is 0.395 e. The molecule has 0 unspecified atom stereocenters. The van der Waals surface area contributed by atoms with Crippen LogP contribution in [0.3, 0.4) is 0 Å². The average Bonchev–Trinajstić information content (AvgIpc) is 2.27. The highest BCUT2D eigenvalue weighted by atomic mass is 16.3. The third-order valence-electron chi connectivity index (χ3n) is 3.59. The van der Waals surface area contributed by atoms with Crippen molar-refractivity contribution in [3.8, 4) is 0 Å². The van der Waals surface area contributed by atoms with Crippen LogP contribution < -0.4 is 5.73 Å². The first-order valence-corrected chi connectivity index (χ1v) is 5.85. The normalized spacial score (nSPS) is 21.4. The number of hydrogen-bond donors (Lipinski definition) is 2. The van der Waals surface area contributed by atoms with Gasteiger partial charge in [-0.15, -0.1) is 0 Å². The van der Waals surface area contributed by atoms with Gasteiger partial charge < -0.3 is 10.8 Å². The van der Waals surface area contributed by atoms with Crippen molar-refractivity contribution in [2.24, 2.45) is 5.73 Å². The van der Waals surface area contributed by atoms with Gasteiger partial charge in [-0.1, -0.05) is 26.2 Å². The van der Waals surface area contributed by atoms with Crippen LogP contribution in [0.15, 0.2) is 0 Å². The Morgan fingerprint density at radius 1 is 1.29 bits per heavy atom. The van der Waals surface area contributed by atoms with Crippen LogP contribution in [0.1, 0.15) is 39.0 Å². The van der Waals surface area contributed by atoms with E-state index in [0.717, 1.165) is 19.6 Å². The minimum absolute atomic E-state index is 0.190. The van der Waals surface area contributed by atoms with Crippen molar-refractivity contribution in [1.29, 1.82) is 0 Å². The number of aliphatic hydroxyl groups is 1. The Morgan fingerprint density at radius 3 is 2.36 bits per heavy atom. The van der Waals surface area contributed by atoms with E-state index in [1.54, 1.807) is 0 Å². The summed E-state index contributed by atoms with van der Waals surface area (Å²) in [6.45, 7) is 4.91. The molecule has 0 aliphatic heterocycles. The van der Waals surface area contributed by atoms with Gasteiger partial charge in [-0.2, -0.15) is 0 Å². The van der Waals surface area contributed by atoms with Crippen LogP contribution in [0.2, 0.25) is 0 Å². The lowest BCUT2D eigenvalue weighted by molar-refractivity contribution is 0.0463. The quantitative estimate of drug-likeness (QED) is 0.695. The third-order valence-corrected chi connectivity index (χ3v) is 3.59. The lowest BCUT2D eigenvalue weighted by Gasteiger charge is -2.45. The number of nitrogens with zero attached hydrogens (tertiary/aromatic N) is 1. The highest BCUT2D eigenvalue weighted by molar-refractivity contribution is 4.93. The predicted octanol–water partition coefficient (Wildman–Crippen LogP) is 0.962. The smallest absolute Gasteiger partial charge is 0.0558 e. The molecule has 14 heavy (non-hydrogen) atoms. The Labute approximate surface area is 87.3 Å². The summed E-state index contributed by atoms with van der Waals surface area (Å²) < 4.78 is 0. The summed E-state index contributed by atoms with van der Waals surface area (Å²) >= 11 is 0. The van der Waals surface area contributed by atoms with Gasteiger partial charge >= 0.3 is 0 Å². The van der Waals surface area contributed by atoms with E-state index in [0.29, 0.717) is 0 Å². The molecule has 1 saturated carbocycles. The van der Waals surface area contributed by atoms with E-state index in [4.69, 9.17) is 10.8 Å². The van der Waals surface area contributed by atoms with E-state index >= 15 is 0 Å². The fourth-order valence-corrected chi connectivity index (χ4v) is 2.71. The summed E-state index contributed by atoms with van der Waals surface area (Å²) in [5.41, 5.74) is 6.11. The van der Waals surface area contributed by atoms with E-state index in [1.807, 2.05) is 0 Å². The average molecular weight is 200 g/mol. The first-order chi connectivity index (χ1) is 6.79. The summed E-state index contributed by atoms with van der Waals surface area (Å²) in [4.78, 5) is 2.37. The van der Waals surface area contributed by atoms with Crippen LogP contribution in [0, 0.1) is 0 Å². The minimum Gasteiger partial charge on any atom is -0.395 e. The standard InChI is InChI=1S/C11H24N2O/c1-2-13(8-9-14)11(10-12)6-4-3-5-7-11/h14H,2-10,12H2,1H3. The molecule has 0 radical (unpaired) electrons. The second-order valence-electron chi connectivity index (χ2n) is 4.29. The molecule has 0 aromatic carbocycles. The molecule has 0 aromatic heterocycles. The van der Waals surface area contributed by atoms with Gasteiger partial charge in [0.05, 0.1) is 6.61 Å². The molecule has 3 nitrogen and oxygen atoms in total. The number of nitrogens with two attached hydrogens (primary N) is 1. The molecule has 3 heteroatoms. The molecule has 0 saturated heterocycles. The number of rotatable bonds is 5. The van der Waals surface area contributed by atoms with Gasteiger partial charge in [-0.05, 0) is 19.4 Å². The van der Waals surface area contributed by atoms with Crippen LogP contribution in [0.5, 0.6) is 0 Å². The highest BCUT2D eigenvalue weighted by Gasteiger charge is 2.35. The van der Waals surface area contributed by atoms with Crippen LogP contribution in [-0.2, 0) is 0 Å². The zero-order valence-electron chi connectivity index (χ0n) is 9.34. The van der Waals surface area contributed by atoms with Gasteiger partial charge in [0.25, 0.3) is 0 Å². The summed E-state index contributed by atoms with van der Waals surface area (Å²) in [7, 11) is 0. The molecule has 84 valence electrons. The first-order valence-electron chi connectivity index (χ1n) is 5.85. The number of aliphatic hydroxyl groups excluding tert-OH is 1. The molecule has 0 spiro atoms. The van der Waals surface area contributed by atoms with Crippen molar-refractivity contribution in [1.82, 2.24) is 4.90 Å². The number of β-amino-alcohol motifs (C(OH)–C–C–N with tert-alkyl or cyclic N) is 1. The van der Waals surface area contributed by atoms with Crippen molar-refractivity contribution < 1.29 is 5.11 Å². The molecule has 0 aromatic rings. The van der Waals surface area contributed by atoms with Crippen molar-refractivity contribution in [3.63, 3.8) is 0 Å². The molecule has 0 amide bonds. The zero-order valence-corrected chi connectivity index (χ0v) is 9.34. The molecule has 1 aliphatic rings. The summed E-state index contributed by atoms with van der Waals surface area (Å²) in [6.07, 6.45) is 6.34. The Bertz CT molecular complexity index is 155. The fraction of sp³-hybridized carbons (Fsp3) is 1.00. The Kier molecular flexibility index (Phi) is 4.85. The minimum atomic E-state index is 0.190. The fourth-order valence-electron chi connectivity index (χ4n) is 2.71. The second-order valence-corrected chi connectivity index (χ2v) is 4.29. The van der Waals surface area contributed by atoms with E-state index < -0.39 is 0 Å². The summed E-state index contributed by atoms with van der Waals surface area (Å²) in [5.74, 6) is 0. The van der Waals surface area contributed by atoms with Crippen molar-refractivity contribution in [2.75, 3.05) is 26.2 Å². The molecule has 0 heterocycles. The van der Waals surface area contributed by atoms with Gasteiger partial charge in [-0.25, -0.2) is 0 Å². The van der Waals surface area contributed by atoms with Gasteiger partial charge in [0, 0.05) is 18.6 Å². The van der Waals surface area contributed by atoms with Crippen LogP contribution in [-0.4, -0.2) is 41.8 Å². The monoisotopic (exact) mass is 200 g/mol. The summed E-state index contributed by atoms with van der Waals surface area (Å²) in [6, 6.07) is 0. The molecule has 1 fully saturated rings. The van der Waals surface area contributed by atoms with Crippen LogP contribution in [0.25, 0.3) is 0 Å². The Hall–Kier alpha value is -0.120. The molecule has 3 N–H and O–H groups in total. The predicted molar refractivity (Wildman–Crippen MR) is 59.2 cm³/mol. The molecule has 1 aliphatic carbocycles. The number of hydrogen-bond acceptors (Lipinski definition) is 3. The first kappa shape index (κ1) is 12.0. The Balaban J connectivity index is 2.63. The van der Waals surface area contributed by atoms with E-state index in [-0.39, 0.29) is 12.1 Å². The van der Waals surface area contributed by atoms with E-state index in [9.17, 15) is 0 Å².